The Morgan fingerprint density at radius 3 is 2.17 bits per heavy atom. The lowest BCUT2D eigenvalue weighted by Gasteiger charge is -2.20. The van der Waals surface area contributed by atoms with Gasteiger partial charge in [-0.15, -0.1) is 0 Å². The molecule has 3 rings (SSSR count). The highest BCUT2D eigenvalue weighted by molar-refractivity contribution is 7.89. The third-order valence-corrected chi connectivity index (χ3v) is 6.98. The molecule has 0 radical (unpaired) electrons. The summed E-state index contributed by atoms with van der Waals surface area (Å²) in [6.07, 6.45) is 3.75. The number of carbonyl (C=O) groups excluding carboxylic acids is 2. The molecule has 1 aliphatic rings. The van der Waals surface area contributed by atoms with Gasteiger partial charge in [0.1, 0.15) is 0 Å². The normalized spacial score (nSPS) is 15.5. The number of rotatable bonds is 5. The zero-order chi connectivity index (χ0) is 21.0. The van der Waals surface area contributed by atoms with Gasteiger partial charge in [-0.25, -0.2) is 8.42 Å². The second kappa shape index (κ2) is 8.75. The van der Waals surface area contributed by atoms with Crippen LogP contribution >= 0.6 is 0 Å². The molecule has 2 amide bonds. The Kier molecular flexibility index (Phi) is 6.34. The van der Waals surface area contributed by atoms with E-state index in [4.69, 9.17) is 5.73 Å². The van der Waals surface area contributed by atoms with E-state index in [1.807, 2.05) is 0 Å². The molecule has 0 saturated carbocycles. The van der Waals surface area contributed by atoms with Crippen LogP contribution in [0.15, 0.2) is 47.4 Å². The van der Waals surface area contributed by atoms with Crippen molar-refractivity contribution in [3.05, 3.63) is 59.2 Å². The van der Waals surface area contributed by atoms with E-state index in [1.54, 1.807) is 31.2 Å². The fourth-order valence-electron chi connectivity index (χ4n) is 3.35. The molecule has 2 aromatic carbocycles. The van der Waals surface area contributed by atoms with Crippen LogP contribution in [0.1, 0.15) is 52.0 Å². The van der Waals surface area contributed by atoms with Gasteiger partial charge in [-0.05, 0) is 61.7 Å². The minimum absolute atomic E-state index is 0.124. The van der Waals surface area contributed by atoms with Crippen LogP contribution in [0, 0.1) is 6.92 Å². The quantitative estimate of drug-likeness (QED) is 0.782. The highest BCUT2D eigenvalue weighted by Crippen LogP contribution is 2.23. The number of hydrogen-bond acceptors (Lipinski definition) is 4. The van der Waals surface area contributed by atoms with Crippen molar-refractivity contribution in [2.75, 3.05) is 18.4 Å². The molecule has 1 fully saturated rings. The van der Waals surface area contributed by atoms with E-state index in [1.165, 1.54) is 22.5 Å². The molecule has 0 aromatic heterocycles. The Labute approximate surface area is 171 Å². The molecule has 1 aliphatic heterocycles. The molecule has 0 unspecified atom stereocenters. The maximum Gasteiger partial charge on any atom is 0.255 e. The first kappa shape index (κ1) is 21.0. The molecule has 29 heavy (non-hydrogen) atoms. The van der Waals surface area contributed by atoms with Crippen molar-refractivity contribution >= 4 is 27.5 Å². The lowest BCUT2D eigenvalue weighted by Crippen LogP contribution is -2.32. The summed E-state index contributed by atoms with van der Waals surface area (Å²) in [6, 6.07) is 10.8. The molecule has 7 nitrogen and oxygen atoms in total. The third kappa shape index (κ3) is 4.83. The number of nitrogens with zero attached hydrogens (tertiary/aromatic N) is 1. The topological polar surface area (TPSA) is 110 Å². The van der Waals surface area contributed by atoms with Crippen LogP contribution < -0.4 is 11.1 Å². The van der Waals surface area contributed by atoms with Gasteiger partial charge < -0.3 is 11.1 Å². The van der Waals surface area contributed by atoms with E-state index < -0.39 is 21.8 Å². The number of hydrogen-bond donors (Lipinski definition) is 2. The summed E-state index contributed by atoms with van der Waals surface area (Å²) in [5, 5.41) is 2.73. The van der Waals surface area contributed by atoms with Crippen LogP contribution in [-0.2, 0) is 10.0 Å². The number of sulfonamides is 1. The number of nitrogens with one attached hydrogen (secondary N) is 1. The number of primary amides is 1. The molecule has 0 bridgehead atoms. The van der Waals surface area contributed by atoms with Crippen LogP contribution in [0.2, 0.25) is 0 Å². The van der Waals surface area contributed by atoms with Gasteiger partial charge in [-0.1, -0.05) is 18.9 Å². The standard InChI is InChI=1S/C21H25N3O4S/c1-15-6-11-18(29(27,28)24-12-4-2-3-5-13-24)14-19(15)21(26)23-17-9-7-16(8-10-17)20(22)25/h6-11,14H,2-5,12-13H2,1H3,(H2,22,25)(H,23,26). The number of carbonyl (C=O) groups is 2. The lowest BCUT2D eigenvalue weighted by atomic mass is 10.1. The van der Waals surface area contributed by atoms with E-state index in [0.29, 0.717) is 35.5 Å². The first-order valence-corrected chi connectivity index (χ1v) is 11.0. The fraction of sp³-hybridized carbons (Fsp3) is 0.333. The predicted octanol–water partition coefficient (Wildman–Crippen LogP) is 2.91. The number of anilines is 1. The summed E-state index contributed by atoms with van der Waals surface area (Å²) in [6.45, 7) is 2.77. The van der Waals surface area contributed by atoms with Gasteiger partial charge in [0.25, 0.3) is 5.91 Å². The van der Waals surface area contributed by atoms with E-state index in [2.05, 4.69) is 5.32 Å². The minimum Gasteiger partial charge on any atom is -0.366 e. The predicted molar refractivity (Wildman–Crippen MR) is 111 cm³/mol. The minimum atomic E-state index is -3.64. The van der Waals surface area contributed by atoms with Gasteiger partial charge in [0.15, 0.2) is 0 Å². The number of amides is 2. The molecule has 154 valence electrons. The van der Waals surface area contributed by atoms with Gasteiger partial charge in [0.05, 0.1) is 4.90 Å². The Morgan fingerprint density at radius 2 is 1.59 bits per heavy atom. The Morgan fingerprint density at radius 1 is 0.966 bits per heavy atom. The smallest absolute Gasteiger partial charge is 0.255 e. The van der Waals surface area contributed by atoms with Gasteiger partial charge in [0, 0.05) is 29.9 Å². The molecule has 1 saturated heterocycles. The van der Waals surface area contributed by atoms with Crippen molar-refractivity contribution in [2.24, 2.45) is 5.73 Å². The zero-order valence-electron chi connectivity index (χ0n) is 16.3. The Bertz CT molecular complexity index is 1010. The average molecular weight is 416 g/mol. The van der Waals surface area contributed by atoms with Gasteiger partial charge in [0.2, 0.25) is 15.9 Å². The second-order valence-electron chi connectivity index (χ2n) is 7.19. The summed E-state index contributed by atoms with van der Waals surface area (Å²) in [5.74, 6) is -0.965. The second-order valence-corrected chi connectivity index (χ2v) is 9.13. The van der Waals surface area contributed by atoms with Crippen LogP contribution in [0.5, 0.6) is 0 Å². The van der Waals surface area contributed by atoms with E-state index in [0.717, 1.165) is 25.7 Å². The van der Waals surface area contributed by atoms with Crippen LogP contribution in [-0.4, -0.2) is 37.6 Å². The van der Waals surface area contributed by atoms with Crippen molar-refractivity contribution in [2.45, 2.75) is 37.5 Å². The highest BCUT2D eigenvalue weighted by atomic mass is 32.2. The number of benzene rings is 2. The molecular weight excluding hydrogens is 390 g/mol. The van der Waals surface area contributed by atoms with Gasteiger partial charge in [-0.2, -0.15) is 4.31 Å². The van der Waals surface area contributed by atoms with Crippen molar-refractivity contribution in [1.29, 1.82) is 0 Å². The van der Waals surface area contributed by atoms with Crippen molar-refractivity contribution in [3.63, 3.8) is 0 Å². The van der Waals surface area contributed by atoms with Gasteiger partial charge in [-0.3, -0.25) is 9.59 Å². The lowest BCUT2D eigenvalue weighted by molar-refractivity contribution is 0.0998. The monoisotopic (exact) mass is 415 g/mol. The SMILES string of the molecule is Cc1ccc(S(=O)(=O)N2CCCCCC2)cc1C(=O)Nc1ccc(C(N)=O)cc1. The maximum atomic E-state index is 13.0. The maximum absolute atomic E-state index is 13.0. The fourth-order valence-corrected chi connectivity index (χ4v) is 4.90. The summed E-state index contributed by atoms with van der Waals surface area (Å²) in [5.41, 5.74) is 7.01. The Balaban J connectivity index is 1.84. The molecule has 0 atom stereocenters. The van der Waals surface area contributed by atoms with Crippen molar-refractivity contribution in [3.8, 4) is 0 Å². The van der Waals surface area contributed by atoms with E-state index >= 15 is 0 Å². The third-order valence-electron chi connectivity index (χ3n) is 5.08. The van der Waals surface area contributed by atoms with Crippen molar-refractivity contribution < 1.29 is 18.0 Å². The summed E-state index contributed by atoms with van der Waals surface area (Å²) < 4.78 is 27.6. The molecular formula is C21H25N3O4S. The molecule has 0 spiro atoms. The molecule has 1 heterocycles. The number of aryl methyl sites for hydroxylation is 1. The molecule has 3 N–H and O–H groups in total. The van der Waals surface area contributed by atoms with Gasteiger partial charge >= 0.3 is 0 Å². The van der Waals surface area contributed by atoms with Crippen LogP contribution in [0.4, 0.5) is 5.69 Å². The number of nitrogens with two attached hydrogens (primary N) is 1. The summed E-state index contributed by atoms with van der Waals surface area (Å²) in [4.78, 5) is 24.0. The van der Waals surface area contributed by atoms with Crippen molar-refractivity contribution in [1.82, 2.24) is 4.31 Å². The van der Waals surface area contributed by atoms with Crippen LogP contribution in [0.3, 0.4) is 0 Å². The first-order valence-electron chi connectivity index (χ1n) is 9.61. The largest absolute Gasteiger partial charge is 0.366 e. The molecule has 0 aliphatic carbocycles. The van der Waals surface area contributed by atoms with Crippen LogP contribution in [0.25, 0.3) is 0 Å². The average Bonchev–Trinajstić information content (AvgIpc) is 2.98. The van der Waals surface area contributed by atoms with E-state index in [9.17, 15) is 18.0 Å². The Hall–Kier alpha value is -2.71. The first-order chi connectivity index (χ1) is 13.8. The van der Waals surface area contributed by atoms with E-state index in [-0.39, 0.29) is 4.90 Å². The molecule has 2 aromatic rings. The zero-order valence-corrected chi connectivity index (χ0v) is 17.2. The summed E-state index contributed by atoms with van der Waals surface area (Å²) in [7, 11) is -3.64. The molecule has 8 heteroatoms. The highest BCUT2D eigenvalue weighted by Gasteiger charge is 2.26. The summed E-state index contributed by atoms with van der Waals surface area (Å²) >= 11 is 0.